The Morgan fingerprint density at radius 1 is 1.33 bits per heavy atom. The van der Waals surface area contributed by atoms with E-state index in [2.05, 4.69) is 0 Å². The van der Waals surface area contributed by atoms with E-state index in [0.717, 1.165) is 4.57 Å². The second-order valence-electron chi connectivity index (χ2n) is 3.80. The molecular formula is C11H10N2O5. The Bertz CT molecular complexity index is 756. The molecule has 1 aromatic heterocycles. The highest BCUT2D eigenvalue weighted by Gasteiger charge is 2.15. The van der Waals surface area contributed by atoms with Crippen LogP contribution in [0, 0.1) is 0 Å². The summed E-state index contributed by atoms with van der Waals surface area (Å²) in [4.78, 5) is 34.5. The number of hydrogen-bond donors (Lipinski definition) is 2. The maximum absolute atomic E-state index is 12.0. The van der Waals surface area contributed by atoms with E-state index in [9.17, 15) is 19.5 Å². The van der Waals surface area contributed by atoms with Gasteiger partial charge in [0.15, 0.2) is 0 Å². The minimum absolute atomic E-state index is 0.0687. The number of carboxylic acids is 1. The van der Waals surface area contributed by atoms with Crippen LogP contribution in [0.15, 0.2) is 27.8 Å². The monoisotopic (exact) mass is 250 g/mol. The number of hydrogen-bond acceptors (Lipinski definition) is 4. The van der Waals surface area contributed by atoms with Crippen LogP contribution in [0.5, 0.6) is 5.75 Å². The summed E-state index contributed by atoms with van der Waals surface area (Å²) in [6.07, 6.45) is 0. The summed E-state index contributed by atoms with van der Waals surface area (Å²) in [7, 11) is 1.40. The molecule has 0 aliphatic heterocycles. The van der Waals surface area contributed by atoms with Gasteiger partial charge in [-0.05, 0) is 12.1 Å². The Balaban J connectivity index is 2.99. The van der Waals surface area contributed by atoms with Gasteiger partial charge in [0.05, 0.1) is 5.52 Å². The maximum Gasteiger partial charge on any atom is 0.331 e. The number of aromatic nitrogens is 2. The predicted octanol–water partition coefficient (Wildman–Crippen LogP) is -0.510. The molecule has 18 heavy (non-hydrogen) atoms. The first-order valence-corrected chi connectivity index (χ1v) is 5.07. The molecule has 7 heteroatoms. The first-order valence-electron chi connectivity index (χ1n) is 5.07. The van der Waals surface area contributed by atoms with Gasteiger partial charge in [-0.2, -0.15) is 0 Å². The number of aliphatic carboxylic acids is 1. The fraction of sp³-hybridized carbons (Fsp3) is 0.182. The molecular weight excluding hydrogens is 240 g/mol. The highest BCUT2D eigenvalue weighted by molar-refractivity contribution is 5.84. The molecule has 7 nitrogen and oxygen atoms in total. The normalized spacial score (nSPS) is 10.7. The van der Waals surface area contributed by atoms with Gasteiger partial charge in [-0.25, -0.2) is 9.36 Å². The number of rotatable bonds is 2. The zero-order valence-electron chi connectivity index (χ0n) is 9.45. The van der Waals surface area contributed by atoms with Crippen LogP contribution in [0.25, 0.3) is 10.9 Å². The summed E-state index contributed by atoms with van der Waals surface area (Å²) in [6, 6.07) is 4.31. The van der Waals surface area contributed by atoms with Gasteiger partial charge >= 0.3 is 11.7 Å². The quantitative estimate of drug-likeness (QED) is 0.747. The van der Waals surface area contributed by atoms with Gasteiger partial charge in [-0.1, -0.05) is 6.07 Å². The molecule has 94 valence electrons. The average molecular weight is 250 g/mol. The predicted molar refractivity (Wildman–Crippen MR) is 62.7 cm³/mol. The zero-order valence-corrected chi connectivity index (χ0v) is 9.45. The fourth-order valence-corrected chi connectivity index (χ4v) is 1.81. The van der Waals surface area contributed by atoms with E-state index in [1.807, 2.05) is 0 Å². The highest BCUT2D eigenvalue weighted by atomic mass is 16.4. The average Bonchev–Trinajstić information content (AvgIpc) is 2.31. The molecule has 1 heterocycles. The molecule has 0 radical (unpaired) electrons. The number of aromatic hydroxyl groups is 1. The Hall–Kier alpha value is -2.57. The van der Waals surface area contributed by atoms with Crippen molar-refractivity contribution in [1.82, 2.24) is 9.13 Å². The Labute approximate surface area is 100 Å². The maximum atomic E-state index is 12.0. The standard InChI is InChI=1S/C11H10N2O5/c1-12-6-3-2-4-7(14)9(6)10(17)13(11(12)18)5-8(15)16/h2-4,14H,5H2,1H3,(H,15,16). The van der Waals surface area contributed by atoms with Gasteiger partial charge in [0.1, 0.15) is 17.7 Å². The first kappa shape index (κ1) is 11.9. The van der Waals surface area contributed by atoms with E-state index in [0.29, 0.717) is 4.57 Å². The van der Waals surface area contributed by atoms with Crippen LogP contribution < -0.4 is 11.2 Å². The van der Waals surface area contributed by atoms with Crippen LogP contribution in [0.4, 0.5) is 0 Å². The number of aryl methyl sites for hydroxylation is 1. The summed E-state index contributed by atoms with van der Waals surface area (Å²) < 4.78 is 1.70. The molecule has 2 aromatic rings. The number of phenolic OH excluding ortho intramolecular Hbond substituents is 1. The number of benzene rings is 1. The van der Waals surface area contributed by atoms with Crippen molar-refractivity contribution in [2.24, 2.45) is 7.05 Å². The Kier molecular flexibility index (Phi) is 2.66. The third kappa shape index (κ3) is 1.65. The van der Waals surface area contributed by atoms with E-state index in [1.165, 1.54) is 25.2 Å². The lowest BCUT2D eigenvalue weighted by atomic mass is 10.2. The molecule has 0 amide bonds. The molecule has 0 saturated heterocycles. The number of nitrogens with zero attached hydrogens (tertiary/aromatic N) is 2. The van der Waals surface area contributed by atoms with E-state index in [-0.39, 0.29) is 16.7 Å². The summed E-state index contributed by atoms with van der Waals surface area (Å²) in [6.45, 7) is -0.740. The lowest BCUT2D eigenvalue weighted by Gasteiger charge is -2.09. The first-order chi connectivity index (χ1) is 8.43. The molecule has 0 aliphatic carbocycles. The lowest BCUT2D eigenvalue weighted by molar-refractivity contribution is -0.137. The van der Waals surface area contributed by atoms with Gasteiger partial charge in [0.2, 0.25) is 0 Å². The van der Waals surface area contributed by atoms with E-state index in [4.69, 9.17) is 5.11 Å². The van der Waals surface area contributed by atoms with E-state index < -0.39 is 23.8 Å². The van der Waals surface area contributed by atoms with Crippen LogP contribution in [-0.4, -0.2) is 25.3 Å². The van der Waals surface area contributed by atoms with Crippen molar-refractivity contribution < 1.29 is 15.0 Å². The lowest BCUT2D eigenvalue weighted by Crippen LogP contribution is -2.40. The molecule has 2 N–H and O–H groups in total. The Morgan fingerprint density at radius 3 is 2.61 bits per heavy atom. The summed E-state index contributed by atoms with van der Waals surface area (Å²) in [5.74, 6) is -1.59. The van der Waals surface area contributed by atoms with Gasteiger partial charge in [-0.3, -0.25) is 14.2 Å². The molecule has 0 aliphatic rings. The third-order valence-corrected chi connectivity index (χ3v) is 2.65. The molecule has 1 aromatic carbocycles. The van der Waals surface area contributed by atoms with Crippen molar-refractivity contribution in [3.05, 3.63) is 39.0 Å². The van der Waals surface area contributed by atoms with Crippen LogP contribution in [0.2, 0.25) is 0 Å². The molecule has 0 bridgehead atoms. The minimum atomic E-state index is -1.30. The molecule has 0 atom stereocenters. The molecule has 2 rings (SSSR count). The van der Waals surface area contributed by atoms with Gasteiger partial charge in [-0.15, -0.1) is 0 Å². The van der Waals surface area contributed by atoms with E-state index in [1.54, 1.807) is 0 Å². The molecule has 0 unspecified atom stereocenters. The van der Waals surface area contributed by atoms with Crippen molar-refractivity contribution in [2.45, 2.75) is 6.54 Å². The zero-order chi connectivity index (χ0) is 13.4. The largest absolute Gasteiger partial charge is 0.507 e. The molecule has 0 spiro atoms. The minimum Gasteiger partial charge on any atom is -0.507 e. The molecule has 0 saturated carbocycles. The number of carboxylic acid groups (broad SMARTS) is 1. The van der Waals surface area contributed by atoms with Crippen molar-refractivity contribution in [3.8, 4) is 5.75 Å². The SMILES string of the molecule is Cn1c(=O)n(CC(=O)O)c(=O)c2c(O)cccc21. The van der Waals surface area contributed by atoms with Crippen LogP contribution >= 0.6 is 0 Å². The van der Waals surface area contributed by atoms with Gasteiger partial charge in [0.25, 0.3) is 5.56 Å². The molecule has 0 fully saturated rings. The van der Waals surface area contributed by atoms with E-state index >= 15 is 0 Å². The summed E-state index contributed by atoms with van der Waals surface area (Å²) in [5.41, 5.74) is -1.29. The van der Waals surface area contributed by atoms with Crippen molar-refractivity contribution in [2.75, 3.05) is 0 Å². The second-order valence-corrected chi connectivity index (χ2v) is 3.80. The number of phenols is 1. The second kappa shape index (κ2) is 4.02. The van der Waals surface area contributed by atoms with Gasteiger partial charge in [0, 0.05) is 7.05 Å². The van der Waals surface area contributed by atoms with Gasteiger partial charge < -0.3 is 10.2 Å². The topological polar surface area (TPSA) is 102 Å². The van der Waals surface area contributed by atoms with Crippen molar-refractivity contribution in [3.63, 3.8) is 0 Å². The highest BCUT2D eigenvalue weighted by Crippen LogP contribution is 2.18. The van der Waals surface area contributed by atoms with Crippen molar-refractivity contribution in [1.29, 1.82) is 0 Å². The Morgan fingerprint density at radius 2 is 2.00 bits per heavy atom. The van der Waals surface area contributed by atoms with Crippen LogP contribution in [-0.2, 0) is 18.4 Å². The smallest absolute Gasteiger partial charge is 0.331 e. The number of carbonyl (C=O) groups is 1. The van der Waals surface area contributed by atoms with Crippen molar-refractivity contribution >= 4 is 16.9 Å². The van der Waals surface area contributed by atoms with Crippen LogP contribution in [0.1, 0.15) is 0 Å². The summed E-state index contributed by atoms with van der Waals surface area (Å²) >= 11 is 0. The fourth-order valence-electron chi connectivity index (χ4n) is 1.81. The number of fused-ring (bicyclic) bond motifs is 1. The third-order valence-electron chi connectivity index (χ3n) is 2.65. The van der Waals surface area contributed by atoms with Crippen LogP contribution in [0.3, 0.4) is 0 Å². The summed E-state index contributed by atoms with van der Waals surface area (Å²) in [5, 5.41) is 18.3.